The molecule has 0 aliphatic heterocycles. The Hall–Kier alpha value is -0.860. The second-order valence-corrected chi connectivity index (χ2v) is 6.15. The normalized spacial score (nSPS) is 24.4. The lowest BCUT2D eigenvalue weighted by molar-refractivity contribution is 0.0780. The van der Waals surface area contributed by atoms with E-state index in [2.05, 4.69) is 43.1 Å². The van der Waals surface area contributed by atoms with Crippen LogP contribution in [0.5, 0.6) is 0 Å². The molecule has 1 aliphatic rings. The Kier molecular flexibility index (Phi) is 5.41. The minimum atomic E-state index is -0.0949. The van der Waals surface area contributed by atoms with Gasteiger partial charge in [0.2, 0.25) is 0 Å². The summed E-state index contributed by atoms with van der Waals surface area (Å²) in [5.41, 5.74) is 2.69. The fraction of sp³-hybridized carbons (Fsp3) is 0.647. The summed E-state index contributed by atoms with van der Waals surface area (Å²) in [6.45, 7) is 4.12. The van der Waals surface area contributed by atoms with Gasteiger partial charge in [-0.15, -0.1) is 0 Å². The molecule has 0 heterocycles. The van der Waals surface area contributed by atoms with E-state index in [1.54, 1.807) is 0 Å². The molecule has 2 unspecified atom stereocenters. The van der Waals surface area contributed by atoms with Crippen molar-refractivity contribution < 1.29 is 5.11 Å². The number of hydrogen-bond donors (Lipinski definition) is 1. The van der Waals surface area contributed by atoms with Gasteiger partial charge in [-0.2, -0.15) is 0 Å². The van der Waals surface area contributed by atoms with E-state index >= 15 is 0 Å². The molecule has 1 N–H and O–H groups in total. The molecule has 0 bridgehead atoms. The number of aliphatic hydroxyl groups is 1. The second kappa shape index (κ2) is 7.06. The first-order chi connectivity index (χ1) is 9.15. The average Bonchev–Trinajstić information content (AvgIpc) is 2.55. The molecule has 0 aromatic heterocycles. The summed E-state index contributed by atoms with van der Waals surface area (Å²) >= 11 is 0. The lowest BCUT2D eigenvalue weighted by Crippen LogP contribution is -2.32. The number of aryl methyl sites for hydroxylation is 1. The number of benzene rings is 1. The van der Waals surface area contributed by atoms with E-state index in [1.165, 1.54) is 36.8 Å². The van der Waals surface area contributed by atoms with E-state index < -0.39 is 0 Å². The van der Waals surface area contributed by atoms with Gasteiger partial charge in [0.05, 0.1) is 6.10 Å². The van der Waals surface area contributed by atoms with Crippen molar-refractivity contribution in [2.45, 2.75) is 51.7 Å². The Morgan fingerprint density at radius 3 is 2.79 bits per heavy atom. The van der Waals surface area contributed by atoms with Crippen LogP contribution in [0.3, 0.4) is 0 Å². The first-order valence-electron chi connectivity index (χ1n) is 7.57. The summed E-state index contributed by atoms with van der Waals surface area (Å²) in [4.78, 5) is 2.36. The van der Waals surface area contributed by atoms with Gasteiger partial charge in [0, 0.05) is 13.1 Å². The SMILES string of the molecule is Cc1cccc(CN(C)CC2CCCCCC2O)c1. The molecule has 0 radical (unpaired) electrons. The van der Waals surface area contributed by atoms with Gasteiger partial charge in [-0.1, -0.05) is 49.1 Å². The number of rotatable bonds is 4. The maximum atomic E-state index is 10.2. The minimum Gasteiger partial charge on any atom is -0.393 e. The molecule has 0 saturated heterocycles. The van der Waals surface area contributed by atoms with Crippen LogP contribution in [0.15, 0.2) is 24.3 Å². The fourth-order valence-corrected chi connectivity index (χ4v) is 3.16. The van der Waals surface area contributed by atoms with Crippen molar-refractivity contribution >= 4 is 0 Å². The lowest BCUT2D eigenvalue weighted by Gasteiger charge is -2.26. The van der Waals surface area contributed by atoms with Crippen LogP contribution in [-0.4, -0.2) is 29.7 Å². The molecule has 1 aliphatic carbocycles. The van der Waals surface area contributed by atoms with Crippen molar-refractivity contribution in [2.24, 2.45) is 5.92 Å². The third-order valence-corrected chi connectivity index (χ3v) is 4.20. The molecule has 1 fully saturated rings. The highest BCUT2D eigenvalue weighted by molar-refractivity contribution is 5.21. The van der Waals surface area contributed by atoms with E-state index in [0.717, 1.165) is 19.5 Å². The number of hydrogen-bond acceptors (Lipinski definition) is 2. The van der Waals surface area contributed by atoms with E-state index in [1.807, 2.05) is 0 Å². The van der Waals surface area contributed by atoms with Crippen LogP contribution in [0.4, 0.5) is 0 Å². The third kappa shape index (κ3) is 4.63. The predicted octanol–water partition coefficient (Wildman–Crippen LogP) is 3.37. The molecule has 1 saturated carbocycles. The van der Waals surface area contributed by atoms with E-state index in [9.17, 15) is 5.11 Å². The second-order valence-electron chi connectivity index (χ2n) is 6.15. The summed E-state index contributed by atoms with van der Waals surface area (Å²) in [6.07, 6.45) is 5.83. The van der Waals surface area contributed by atoms with E-state index in [4.69, 9.17) is 0 Å². The van der Waals surface area contributed by atoms with Gasteiger partial charge in [-0.25, -0.2) is 0 Å². The van der Waals surface area contributed by atoms with Gasteiger partial charge in [0.15, 0.2) is 0 Å². The number of nitrogens with zero attached hydrogens (tertiary/aromatic N) is 1. The third-order valence-electron chi connectivity index (χ3n) is 4.20. The number of aliphatic hydroxyl groups excluding tert-OH is 1. The molecule has 1 aromatic carbocycles. The highest BCUT2D eigenvalue weighted by atomic mass is 16.3. The zero-order valence-electron chi connectivity index (χ0n) is 12.3. The molecule has 0 amide bonds. The zero-order valence-corrected chi connectivity index (χ0v) is 12.3. The average molecular weight is 261 g/mol. The molecule has 106 valence electrons. The maximum absolute atomic E-state index is 10.2. The van der Waals surface area contributed by atoms with Gasteiger partial charge in [0.25, 0.3) is 0 Å². The predicted molar refractivity (Wildman–Crippen MR) is 80.1 cm³/mol. The van der Waals surface area contributed by atoms with Crippen molar-refractivity contribution in [3.8, 4) is 0 Å². The molecule has 19 heavy (non-hydrogen) atoms. The van der Waals surface area contributed by atoms with Crippen LogP contribution in [0.2, 0.25) is 0 Å². The van der Waals surface area contributed by atoms with E-state index in [0.29, 0.717) is 5.92 Å². The zero-order chi connectivity index (χ0) is 13.7. The molecule has 1 aromatic rings. The van der Waals surface area contributed by atoms with Gasteiger partial charge >= 0.3 is 0 Å². The molecule has 2 heteroatoms. The van der Waals surface area contributed by atoms with Crippen LogP contribution in [0, 0.1) is 12.8 Å². The van der Waals surface area contributed by atoms with Crippen molar-refractivity contribution in [1.29, 1.82) is 0 Å². The van der Waals surface area contributed by atoms with Crippen molar-refractivity contribution in [3.05, 3.63) is 35.4 Å². The van der Waals surface area contributed by atoms with E-state index in [-0.39, 0.29) is 6.10 Å². The van der Waals surface area contributed by atoms with Crippen LogP contribution < -0.4 is 0 Å². The van der Waals surface area contributed by atoms with Gasteiger partial charge < -0.3 is 10.0 Å². The fourth-order valence-electron chi connectivity index (χ4n) is 3.16. The molecule has 0 spiro atoms. The highest BCUT2D eigenvalue weighted by Gasteiger charge is 2.22. The maximum Gasteiger partial charge on any atom is 0.0580 e. The summed E-state index contributed by atoms with van der Waals surface area (Å²) < 4.78 is 0. The van der Waals surface area contributed by atoms with Gasteiger partial charge in [-0.05, 0) is 38.3 Å². The first kappa shape index (κ1) is 14.5. The summed E-state index contributed by atoms with van der Waals surface area (Å²) in [6, 6.07) is 8.70. The topological polar surface area (TPSA) is 23.5 Å². The van der Waals surface area contributed by atoms with Crippen LogP contribution >= 0.6 is 0 Å². The first-order valence-corrected chi connectivity index (χ1v) is 7.57. The van der Waals surface area contributed by atoms with Crippen LogP contribution in [0.1, 0.15) is 43.2 Å². The summed E-state index contributed by atoms with van der Waals surface area (Å²) in [5.74, 6) is 0.456. The molecule has 2 atom stereocenters. The summed E-state index contributed by atoms with van der Waals surface area (Å²) in [5, 5.41) is 10.2. The standard InChI is InChI=1S/C17H27NO/c1-14-7-6-8-15(11-14)12-18(2)13-16-9-4-3-5-10-17(16)19/h6-8,11,16-17,19H,3-5,9-10,12-13H2,1-2H3. The Morgan fingerprint density at radius 1 is 1.21 bits per heavy atom. The Bertz CT molecular complexity index is 391. The van der Waals surface area contributed by atoms with Crippen molar-refractivity contribution in [2.75, 3.05) is 13.6 Å². The minimum absolute atomic E-state index is 0.0949. The Morgan fingerprint density at radius 2 is 2.00 bits per heavy atom. The lowest BCUT2D eigenvalue weighted by atomic mass is 9.96. The summed E-state index contributed by atoms with van der Waals surface area (Å²) in [7, 11) is 2.17. The van der Waals surface area contributed by atoms with Gasteiger partial charge in [0.1, 0.15) is 0 Å². The van der Waals surface area contributed by atoms with Crippen molar-refractivity contribution in [1.82, 2.24) is 4.90 Å². The molecular weight excluding hydrogens is 234 g/mol. The molecular formula is C17H27NO. The Labute approximate surface area is 117 Å². The van der Waals surface area contributed by atoms with Crippen LogP contribution in [0.25, 0.3) is 0 Å². The molecule has 2 rings (SSSR count). The largest absolute Gasteiger partial charge is 0.393 e. The monoisotopic (exact) mass is 261 g/mol. The smallest absolute Gasteiger partial charge is 0.0580 e. The van der Waals surface area contributed by atoms with Crippen LogP contribution in [-0.2, 0) is 6.54 Å². The van der Waals surface area contributed by atoms with Gasteiger partial charge in [-0.3, -0.25) is 0 Å². The molecule has 2 nitrogen and oxygen atoms in total. The quantitative estimate of drug-likeness (QED) is 0.840. The highest BCUT2D eigenvalue weighted by Crippen LogP contribution is 2.24. The van der Waals surface area contributed by atoms with Crippen molar-refractivity contribution in [3.63, 3.8) is 0 Å². The Balaban J connectivity index is 1.87.